The van der Waals surface area contributed by atoms with E-state index in [1.54, 1.807) is 25.3 Å². The van der Waals surface area contributed by atoms with Crippen LogP contribution in [-0.2, 0) is 4.79 Å². The zero-order valence-electron chi connectivity index (χ0n) is 15.5. The molecule has 0 bridgehead atoms. The number of carbonyl (C=O) groups is 1. The van der Waals surface area contributed by atoms with Gasteiger partial charge in [0.1, 0.15) is 5.75 Å². The number of amides is 1. The van der Waals surface area contributed by atoms with Gasteiger partial charge in [-0.3, -0.25) is 4.79 Å². The number of aliphatic hydroxyl groups is 1. The largest absolute Gasteiger partial charge is 0.493 e. The second kappa shape index (κ2) is 9.10. The summed E-state index contributed by atoms with van der Waals surface area (Å²) in [5.74, 6) is 1.44. The fourth-order valence-electron chi connectivity index (χ4n) is 2.39. The first-order valence-corrected chi connectivity index (χ1v) is 8.31. The number of ether oxygens (including phenoxy) is 3. The van der Waals surface area contributed by atoms with Crippen LogP contribution in [0.1, 0.15) is 22.8 Å². The molecule has 2 N–H and O–H groups in total. The number of hydrogen-bond acceptors (Lipinski definition) is 5. The van der Waals surface area contributed by atoms with Crippen LogP contribution in [0.4, 0.5) is 0 Å². The Morgan fingerprint density at radius 2 is 1.77 bits per heavy atom. The summed E-state index contributed by atoms with van der Waals surface area (Å²) in [6, 6.07) is 10.8. The number of nitrogens with one attached hydrogen (secondary N) is 1. The summed E-state index contributed by atoms with van der Waals surface area (Å²) >= 11 is 0. The van der Waals surface area contributed by atoms with E-state index in [1.165, 1.54) is 12.7 Å². The van der Waals surface area contributed by atoms with Gasteiger partial charge in [-0.05, 0) is 54.8 Å². The third-order valence-corrected chi connectivity index (χ3v) is 4.13. The summed E-state index contributed by atoms with van der Waals surface area (Å²) < 4.78 is 15.9. The molecule has 0 aliphatic heterocycles. The monoisotopic (exact) mass is 359 g/mol. The van der Waals surface area contributed by atoms with Gasteiger partial charge in [-0.1, -0.05) is 12.1 Å². The number of hydrogen-bond donors (Lipinski definition) is 2. The van der Waals surface area contributed by atoms with Gasteiger partial charge in [0, 0.05) is 6.54 Å². The van der Waals surface area contributed by atoms with Crippen LogP contribution in [-0.4, -0.2) is 38.4 Å². The fraction of sp³-hybridized carbons (Fsp3) is 0.350. The number of methoxy groups -OCH3 is 2. The Balaban J connectivity index is 1.85. The van der Waals surface area contributed by atoms with E-state index in [1.807, 2.05) is 32.0 Å². The quantitative estimate of drug-likeness (QED) is 0.757. The average Bonchev–Trinajstić information content (AvgIpc) is 2.66. The molecule has 2 aromatic carbocycles. The van der Waals surface area contributed by atoms with Gasteiger partial charge in [-0.25, -0.2) is 0 Å². The lowest BCUT2D eigenvalue weighted by molar-refractivity contribution is -0.123. The van der Waals surface area contributed by atoms with Gasteiger partial charge in [0.15, 0.2) is 18.1 Å². The van der Waals surface area contributed by atoms with Crippen LogP contribution < -0.4 is 19.5 Å². The molecule has 0 aliphatic rings. The van der Waals surface area contributed by atoms with Crippen molar-refractivity contribution in [3.63, 3.8) is 0 Å². The number of rotatable bonds is 8. The highest BCUT2D eigenvalue weighted by Crippen LogP contribution is 2.29. The zero-order chi connectivity index (χ0) is 19.1. The smallest absolute Gasteiger partial charge is 0.258 e. The molecule has 1 amide bonds. The number of benzene rings is 2. The third kappa shape index (κ3) is 5.13. The van der Waals surface area contributed by atoms with Crippen LogP contribution in [0, 0.1) is 13.8 Å². The minimum atomic E-state index is -0.861. The third-order valence-electron chi connectivity index (χ3n) is 4.13. The first-order valence-electron chi connectivity index (χ1n) is 8.31. The molecule has 6 nitrogen and oxygen atoms in total. The SMILES string of the molecule is COc1ccc(C(O)CNC(=O)COc2ccc(C)c(C)c2)cc1OC. The molecular formula is C20H25NO5. The lowest BCUT2D eigenvalue weighted by atomic mass is 10.1. The van der Waals surface area contributed by atoms with Crippen molar-refractivity contribution in [1.82, 2.24) is 5.32 Å². The van der Waals surface area contributed by atoms with Crippen LogP contribution in [0.5, 0.6) is 17.2 Å². The van der Waals surface area contributed by atoms with Gasteiger partial charge < -0.3 is 24.6 Å². The van der Waals surface area contributed by atoms with Gasteiger partial charge in [0.25, 0.3) is 5.91 Å². The van der Waals surface area contributed by atoms with Crippen molar-refractivity contribution >= 4 is 5.91 Å². The molecule has 26 heavy (non-hydrogen) atoms. The summed E-state index contributed by atoms with van der Waals surface area (Å²) in [6.45, 7) is 3.97. The van der Waals surface area contributed by atoms with Gasteiger partial charge in [0.2, 0.25) is 0 Å². The van der Waals surface area contributed by atoms with Crippen molar-refractivity contribution in [2.24, 2.45) is 0 Å². The molecule has 2 aromatic rings. The van der Waals surface area contributed by atoms with Crippen molar-refractivity contribution in [2.45, 2.75) is 20.0 Å². The highest BCUT2D eigenvalue weighted by molar-refractivity contribution is 5.77. The number of aliphatic hydroxyl groups excluding tert-OH is 1. The van der Waals surface area contributed by atoms with Crippen molar-refractivity contribution in [1.29, 1.82) is 0 Å². The number of carbonyl (C=O) groups excluding carboxylic acids is 1. The lowest BCUT2D eigenvalue weighted by Gasteiger charge is -2.15. The zero-order valence-corrected chi connectivity index (χ0v) is 15.5. The van der Waals surface area contributed by atoms with Crippen molar-refractivity contribution in [2.75, 3.05) is 27.4 Å². The summed E-state index contributed by atoms with van der Waals surface area (Å²) in [7, 11) is 3.07. The molecule has 0 fully saturated rings. The summed E-state index contributed by atoms with van der Waals surface area (Å²) in [4.78, 5) is 11.9. The fourth-order valence-corrected chi connectivity index (χ4v) is 2.39. The standard InChI is InChI=1S/C20H25NO5/c1-13-5-7-16(9-14(13)2)26-12-20(23)21-11-17(22)15-6-8-18(24-3)19(10-15)25-4/h5-10,17,22H,11-12H2,1-4H3,(H,21,23). The van der Waals surface area contributed by atoms with Crippen LogP contribution >= 0.6 is 0 Å². The van der Waals surface area contributed by atoms with E-state index in [4.69, 9.17) is 14.2 Å². The van der Waals surface area contributed by atoms with E-state index in [0.717, 1.165) is 5.56 Å². The van der Waals surface area contributed by atoms with E-state index in [9.17, 15) is 9.90 Å². The minimum Gasteiger partial charge on any atom is -0.493 e. The molecule has 0 saturated heterocycles. The Bertz CT molecular complexity index is 760. The molecule has 0 spiro atoms. The van der Waals surface area contributed by atoms with E-state index >= 15 is 0 Å². The van der Waals surface area contributed by atoms with Crippen LogP contribution in [0.25, 0.3) is 0 Å². The van der Waals surface area contributed by atoms with E-state index in [-0.39, 0.29) is 19.1 Å². The van der Waals surface area contributed by atoms with E-state index < -0.39 is 6.10 Å². The predicted octanol–water partition coefficient (Wildman–Crippen LogP) is 2.55. The second-order valence-electron chi connectivity index (χ2n) is 5.97. The van der Waals surface area contributed by atoms with Gasteiger partial charge >= 0.3 is 0 Å². The van der Waals surface area contributed by atoms with Crippen molar-refractivity contribution in [3.05, 3.63) is 53.1 Å². The second-order valence-corrected chi connectivity index (χ2v) is 5.97. The van der Waals surface area contributed by atoms with Crippen LogP contribution in [0.3, 0.4) is 0 Å². The Morgan fingerprint density at radius 3 is 2.42 bits per heavy atom. The number of aryl methyl sites for hydroxylation is 2. The first kappa shape index (κ1) is 19.6. The molecule has 0 heterocycles. The lowest BCUT2D eigenvalue weighted by Crippen LogP contribution is -2.32. The molecule has 0 saturated carbocycles. The van der Waals surface area contributed by atoms with Crippen LogP contribution in [0.15, 0.2) is 36.4 Å². The average molecular weight is 359 g/mol. The normalized spacial score (nSPS) is 11.6. The van der Waals surface area contributed by atoms with Crippen molar-refractivity contribution < 1.29 is 24.1 Å². The molecule has 0 aromatic heterocycles. The van der Waals surface area contributed by atoms with Crippen LogP contribution in [0.2, 0.25) is 0 Å². The molecule has 2 rings (SSSR count). The highest BCUT2D eigenvalue weighted by Gasteiger charge is 2.13. The molecule has 0 radical (unpaired) electrons. The van der Waals surface area contributed by atoms with E-state index in [2.05, 4.69) is 5.32 Å². The Hall–Kier alpha value is -2.73. The Morgan fingerprint density at radius 1 is 1.04 bits per heavy atom. The highest BCUT2D eigenvalue weighted by atomic mass is 16.5. The van der Waals surface area contributed by atoms with E-state index in [0.29, 0.717) is 22.8 Å². The molecular weight excluding hydrogens is 334 g/mol. The molecule has 0 aliphatic carbocycles. The summed E-state index contributed by atoms with van der Waals surface area (Å²) in [5, 5.41) is 12.9. The molecule has 1 unspecified atom stereocenters. The van der Waals surface area contributed by atoms with Gasteiger partial charge in [-0.2, -0.15) is 0 Å². The van der Waals surface area contributed by atoms with Gasteiger partial charge in [-0.15, -0.1) is 0 Å². The Labute approximate surface area is 153 Å². The topological polar surface area (TPSA) is 77.0 Å². The van der Waals surface area contributed by atoms with Crippen molar-refractivity contribution in [3.8, 4) is 17.2 Å². The molecule has 6 heteroatoms. The Kier molecular flexibility index (Phi) is 6.86. The maximum Gasteiger partial charge on any atom is 0.258 e. The maximum absolute atomic E-state index is 11.9. The summed E-state index contributed by atoms with van der Waals surface area (Å²) in [6.07, 6.45) is -0.861. The minimum absolute atomic E-state index is 0.0740. The van der Waals surface area contributed by atoms with Gasteiger partial charge in [0.05, 0.1) is 20.3 Å². The summed E-state index contributed by atoms with van der Waals surface area (Å²) in [5.41, 5.74) is 2.89. The first-order chi connectivity index (χ1) is 12.4. The molecule has 140 valence electrons. The molecule has 1 atom stereocenters. The maximum atomic E-state index is 11.9. The predicted molar refractivity (Wildman–Crippen MR) is 98.9 cm³/mol.